The van der Waals surface area contributed by atoms with E-state index < -0.39 is 0 Å². The summed E-state index contributed by atoms with van der Waals surface area (Å²) in [6.07, 6.45) is 15.0. The number of hydrogen-bond acceptors (Lipinski definition) is 0. The zero-order valence-electron chi connectivity index (χ0n) is 34.4. The molecule has 0 saturated heterocycles. The van der Waals surface area contributed by atoms with Crippen LogP contribution in [0.3, 0.4) is 0 Å². The van der Waals surface area contributed by atoms with Gasteiger partial charge < -0.3 is 13.8 Å². The third-order valence-corrected chi connectivity index (χ3v) is 11.4. The average Bonchev–Trinajstić information content (AvgIpc) is 3.87. The Balaban J connectivity index is 0.000000325. The molecule has 2 fully saturated rings. The quantitative estimate of drug-likeness (QED) is 0.120. The first-order valence-corrected chi connectivity index (χ1v) is 24.4. The first-order valence-electron chi connectivity index (χ1n) is 20.2. The van der Waals surface area contributed by atoms with Gasteiger partial charge in [0.05, 0.1) is 0 Å². The Morgan fingerprint density at radius 2 is 0.927 bits per heavy atom. The van der Waals surface area contributed by atoms with E-state index in [4.69, 9.17) is 0 Å². The van der Waals surface area contributed by atoms with E-state index in [1.807, 2.05) is 0 Å². The van der Waals surface area contributed by atoms with Crippen molar-refractivity contribution in [3.05, 3.63) is 144 Å². The van der Waals surface area contributed by atoms with Gasteiger partial charge in [-0.2, -0.15) is 26.0 Å². The van der Waals surface area contributed by atoms with Crippen LogP contribution >= 0.6 is 24.8 Å². The zero-order chi connectivity index (χ0) is 38.3. The number of hydrogen-bond donors (Lipinski definition) is 0. The molecule has 0 unspecified atom stereocenters. The van der Waals surface area contributed by atoms with Crippen LogP contribution in [-0.4, -0.2) is 6.88 Å². The van der Waals surface area contributed by atoms with Crippen molar-refractivity contribution in [1.82, 2.24) is 0 Å². The fraction of sp³-hybridized carbons (Fsp3) is 0.373. The van der Waals surface area contributed by atoms with Gasteiger partial charge in [-0.15, -0.1) is 92.9 Å². The van der Waals surface area contributed by atoms with Crippen molar-refractivity contribution in [3.8, 4) is 22.3 Å². The number of fused-ring (bicyclic) bond motifs is 2. The standard InChI is InChI=1S/C24H27.C23H25.2C2H5.2ClH.Si.Zr/c1-3-18-15-23-17(2)9-14-22(24(23)16-18)21-12-10-20(11-13-21)19-7-5-4-6-8-19;1-16-14-22-17(2)8-13-21(23(22)15-16)20-11-9-19(10-12-20)18-6-4-3-5-7-18;2*1-2;;;;/h9-16,19H,3-8H2,1-2H3;8-15,18H,3-7H2,1-2H3;2*1H2,2H3;2*1H;;/q4*-1;;;;. The van der Waals surface area contributed by atoms with Crippen molar-refractivity contribution in [1.29, 1.82) is 0 Å². The third-order valence-electron chi connectivity index (χ3n) is 11.4. The van der Waals surface area contributed by atoms with Crippen molar-refractivity contribution < 1.29 is 23.3 Å². The van der Waals surface area contributed by atoms with Crippen LogP contribution in [-0.2, 0) is 29.8 Å². The Bertz CT molecular complexity index is 1970. The third kappa shape index (κ3) is 12.4. The first kappa shape index (κ1) is 48.9. The summed E-state index contributed by atoms with van der Waals surface area (Å²) in [5, 5.41) is 5.63. The Kier molecular flexibility index (Phi) is 22.4. The zero-order valence-corrected chi connectivity index (χ0v) is 39.5. The van der Waals surface area contributed by atoms with Crippen LogP contribution in [0.4, 0.5) is 0 Å². The van der Waals surface area contributed by atoms with Crippen LogP contribution in [0.1, 0.15) is 130 Å². The van der Waals surface area contributed by atoms with Crippen LogP contribution in [0.25, 0.3) is 43.8 Å². The molecule has 2 aliphatic rings. The van der Waals surface area contributed by atoms with E-state index in [0.29, 0.717) is 0 Å². The van der Waals surface area contributed by atoms with E-state index in [1.54, 1.807) is 19.4 Å². The van der Waals surface area contributed by atoms with Crippen molar-refractivity contribution in [2.24, 2.45) is 0 Å². The minimum atomic E-state index is 0. The molecule has 0 atom stereocenters. The van der Waals surface area contributed by atoms with Gasteiger partial charge in [0, 0.05) is 0 Å². The monoisotopic (exact) mass is 864 g/mol. The van der Waals surface area contributed by atoms with Crippen LogP contribution in [0, 0.1) is 34.6 Å². The SMILES string of the molecule is CCc1cc2c(-c3ccc(C4CCCCC4)cc3)ccc(C)c2[cH-]1.Cc1cc2c(-c3ccc(C4CCCCC4)cc3)ccc(C)c2[cH-]1.Cl.Cl.[CH2-]C.[CH2-]C.[Si]=[Zr]. The summed E-state index contributed by atoms with van der Waals surface area (Å²) in [4.78, 5) is 0. The van der Waals surface area contributed by atoms with Gasteiger partial charge >= 0.3 is 30.2 Å². The molecule has 0 bridgehead atoms. The second-order valence-corrected chi connectivity index (χ2v) is 14.7. The predicted molar refractivity (Wildman–Crippen MR) is 248 cm³/mol. The molecular weight excluding hydrogens is 803 g/mol. The van der Waals surface area contributed by atoms with Gasteiger partial charge in [0.2, 0.25) is 0 Å². The Morgan fingerprint density at radius 1 is 0.545 bits per heavy atom. The molecule has 0 aliphatic heterocycles. The van der Waals surface area contributed by atoms with Gasteiger partial charge in [-0.3, -0.25) is 0 Å². The molecule has 55 heavy (non-hydrogen) atoms. The number of aryl methyl sites for hydroxylation is 4. The van der Waals surface area contributed by atoms with Crippen LogP contribution in [0.5, 0.6) is 0 Å². The molecule has 8 rings (SSSR count). The maximum atomic E-state index is 3.25. The molecule has 4 heteroatoms. The molecule has 0 amide bonds. The summed E-state index contributed by atoms with van der Waals surface area (Å²) in [7, 11) is 0. The minimum absolute atomic E-state index is 0. The summed E-state index contributed by atoms with van der Waals surface area (Å²) in [5.41, 5.74) is 14.1. The molecular formula is C51H64Cl2SiZr-4. The Hall–Kier alpha value is -2.22. The van der Waals surface area contributed by atoms with Crippen LogP contribution in [0.2, 0.25) is 0 Å². The van der Waals surface area contributed by atoms with Gasteiger partial charge in [0.15, 0.2) is 0 Å². The normalized spacial score (nSPS) is 13.9. The molecule has 2 radical (unpaired) electrons. The molecule has 6 aromatic rings. The van der Waals surface area contributed by atoms with E-state index in [0.717, 1.165) is 18.3 Å². The number of rotatable bonds is 5. The second-order valence-electron chi connectivity index (χ2n) is 14.7. The van der Waals surface area contributed by atoms with Crippen LogP contribution < -0.4 is 0 Å². The van der Waals surface area contributed by atoms with Crippen molar-refractivity contribution in [2.75, 3.05) is 0 Å². The summed E-state index contributed by atoms with van der Waals surface area (Å²) < 4.78 is 0. The van der Waals surface area contributed by atoms with E-state index in [-0.39, 0.29) is 24.8 Å². The summed E-state index contributed by atoms with van der Waals surface area (Å²) in [5.74, 6) is 1.58. The maximum absolute atomic E-state index is 3.25. The molecule has 294 valence electrons. The molecule has 0 N–H and O–H groups in total. The van der Waals surface area contributed by atoms with E-state index in [9.17, 15) is 0 Å². The first-order chi connectivity index (χ1) is 26.0. The van der Waals surface area contributed by atoms with E-state index in [1.165, 1.54) is 159 Å². The van der Waals surface area contributed by atoms with Gasteiger partial charge in [0.1, 0.15) is 0 Å². The predicted octanol–water partition coefficient (Wildman–Crippen LogP) is 16.2. The molecule has 0 nitrogen and oxygen atoms in total. The average molecular weight is 867 g/mol. The van der Waals surface area contributed by atoms with Gasteiger partial charge in [-0.05, 0) is 66.2 Å². The second kappa shape index (κ2) is 25.2. The number of halogens is 2. The molecule has 0 aromatic heterocycles. The molecule has 0 spiro atoms. The van der Waals surface area contributed by atoms with Crippen LogP contribution in [0.15, 0.2) is 97.1 Å². The van der Waals surface area contributed by atoms with Crippen molar-refractivity contribution >= 4 is 53.2 Å². The van der Waals surface area contributed by atoms with E-state index in [2.05, 4.69) is 145 Å². The fourth-order valence-corrected chi connectivity index (χ4v) is 8.54. The molecule has 2 aliphatic carbocycles. The van der Waals surface area contributed by atoms with E-state index >= 15 is 0 Å². The van der Waals surface area contributed by atoms with Gasteiger partial charge in [0.25, 0.3) is 0 Å². The van der Waals surface area contributed by atoms with Gasteiger partial charge in [-0.25, -0.2) is 0 Å². The van der Waals surface area contributed by atoms with Crippen molar-refractivity contribution in [2.45, 2.75) is 124 Å². The summed E-state index contributed by atoms with van der Waals surface area (Å²) >= 11 is 1.36. The number of benzene rings is 4. The summed E-state index contributed by atoms with van der Waals surface area (Å²) in [6.45, 7) is 21.9. The fourth-order valence-electron chi connectivity index (χ4n) is 8.54. The topological polar surface area (TPSA) is 0 Å². The van der Waals surface area contributed by atoms with Crippen molar-refractivity contribution in [3.63, 3.8) is 0 Å². The molecule has 0 heterocycles. The Morgan fingerprint density at radius 3 is 1.33 bits per heavy atom. The molecule has 2 saturated carbocycles. The van der Waals surface area contributed by atoms with Gasteiger partial charge in [-0.1, -0.05) is 138 Å². The Labute approximate surface area is 364 Å². The molecule has 6 aromatic carbocycles. The summed E-state index contributed by atoms with van der Waals surface area (Å²) in [6, 6.07) is 37.3.